The first-order valence-corrected chi connectivity index (χ1v) is 7.16. The van der Waals surface area contributed by atoms with Gasteiger partial charge in [-0.2, -0.15) is 0 Å². The van der Waals surface area contributed by atoms with Crippen molar-refractivity contribution in [1.29, 1.82) is 0 Å². The highest BCUT2D eigenvalue weighted by atomic mass is 35.5. The molecule has 0 saturated carbocycles. The summed E-state index contributed by atoms with van der Waals surface area (Å²) in [5, 5.41) is 6.43. The molecule has 1 fully saturated rings. The fourth-order valence-corrected chi connectivity index (χ4v) is 2.80. The van der Waals surface area contributed by atoms with Crippen molar-refractivity contribution in [3.8, 4) is 0 Å². The molecule has 2 unspecified atom stereocenters. The molecule has 0 aromatic heterocycles. The molecule has 20 heavy (non-hydrogen) atoms. The van der Waals surface area contributed by atoms with Crippen LogP contribution in [0, 0.1) is 19.8 Å². The molecule has 0 radical (unpaired) electrons. The Hall–Kier alpha value is -1.06. The van der Waals surface area contributed by atoms with Gasteiger partial charge in [-0.3, -0.25) is 4.79 Å². The second-order valence-electron chi connectivity index (χ2n) is 5.63. The molecule has 3 nitrogen and oxygen atoms in total. The minimum absolute atomic E-state index is 0. The third kappa shape index (κ3) is 4.22. The Morgan fingerprint density at radius 3 is 2.75 bits per heavy atom. The van der Waals surface area contributed by atoms with E-state index >= 15 is 0 Å². The Morgan fingerprint density at radius 2 is 2.15 bits per heavy atom. The van der Waals surface area contributed by atoms with Crippen LogP contribution in [-0.2, 0) is 4.79 Å². The summed E-state index contributed by atoms with van der Waals surface area (Å²) in [4.78, 5) is 12.2. The van der Waals surface area contributed by atoms with Gasteiger partial charge in [0.1, 0.15) is 0 Å². The van der Waals surface area contributed by atoms with Crippen molar-refractivity contribution in [2.45, 2.75) is 39.7 Å². The number of rotatable bonds is 3. The van der Waals surface area contributed by atoms with Crippen LogP contribution >= 0.6 is 12.4 Å². The predicted octanol–water partition coefficient (Wildman–Crippen LogP) is 2.90. The molecule has 1 aliphatic rings. The van der Waals surface area contributed by atoms with Gasteiger partial charge >= 0.3 is 0 Å². The van der Waals surface area contributed by atoms with E-state index < -0.39 is 0 Å². The minimum atomic E-state index is 0. The van der Waals surface area contributed by atoms with Gasteiger partial charge in [0.2, 0.25) is 5.91 Å². The summed E-state index contributed by atoms with van der Waals surface area (Å²) in [6.07, 6.45) is 2.09. The van der Waals surface area contributed by atoms with Crippen LogP contribution in [0.25, 0.3) is 0 Å². The Kier molecular flexibility index (Phi) is 6.50. The number of halogens is 1. The summed E-state index contributed by atoms with van der Waals surface area (Å²) in [5.41, 5.74) is 3.72. The number of benzene rings is 1. The molecule has 0 spiro atoms. The lowest BCUT2D eigenvalue weighted by Gasteiger charge is -2.24. The van der Waals surface area contributed by atoms with Gasteiger partial charge in [0.25, 0.3) is 0 Å². The maximum absolute atomic E-state index is 12.2. The Balaban J connectivity index is 0.00000200. The zero-order chi connectivity index (χ0) is 13.8. The summed E-state index contributed by atoms with van der Waals surface area (Å²) in [7, 11) is 0. The van der Waals surface area contributed by atoms with Crippen molar-refractivity contribution >= 4 is 18.3 Å². The summed E-state index contributed by atoms with van der Waals surface area (Å²) in [6.45, 7) is 8.11. The third-order valence-corrected chi connectivity index (χ3v) is 3.92. The van der Waals surface area contributed by atoms with Gasteiger partial charge < -0.3 is 10.6 Å². The van der Waals surface area contributed by atoms with E-state index in [4.69, 9.17) is 0 Å². The van der Waals surface area contributed by atoms with E-state index in [0.29, 0.717) is 0 Å². The third-order valence-electron chi connectivity index (χ3n) is 3.92. The van der Waals surface area contributed by atoms with Gasteiger partial charge in [0, 0.05) is 6.54 Å². The topological polar surface area (TPSA) is 41.1 Å². The van der Waals surface area contributed by atoms with Crippen molar-refractivity contribution in [3.05, 3.63) is 34.9 Å². The summed E-state index contributed by atoms with van der Waals surface area (Å²) in [6, 6.07) is 6.47. The fraction of sp³-hybridized carbons (Fsp3) is 0.562. The van der Waals surface area contributed by atoms with Gasteiger partial charge in [0.05, 0.1) is 12.0 Å². The van der Waals surface area contributed by atoms with Crippen LogP contribution in [0.4, 0.5) is 0 Å². The molecule has 1 saturated heterocycles. The molecule has 112 valence electrons. The largest absolute Gasteiger partial charge is 0.349 e. The van der Waals surface area contributed by atoms with Crippen molar-refractivity contribution in [1.82, 2.24) is 10.6 Å². The van der Waals surface area contributed by atoms with Crippen LogP contribution in [0.15, 0.2) is 18.2 Å². The van der Waals surface area contributed by atoms with E-state index in [-0.39, 0.29) is 30.3 Å². The predicted molar refractivity (Wildman–Crippen MR) is 85.3 cm³/mol. The van der Waals surface area contributed by atoms with Crippen LogP contribution in [0.5, 0.6) is 0 Å². The van der Waals surface area contributed by atoms with Crippen LogP contribution in [0.1, 0.15) is 42.5 Å². The van der Waals surface area contributed by atoms with Gasteiger partial charge in [-0.25, -0.2) is 0 Å². The molecule has 2 N–H and O–H groups in total. The number of hydrogen-bond donors (Lipinski definition) is 2. The average Bonchev–Trinajstić information content (AvgIpc) is 2.39. The van der Waals surface area contributed by atoms with Gasteiger partial charge in [-0.1, -0.05) is 23.8 Å². The lowest BCUT2D eigenvalue weighted by atomic mass is 9.96. The summed E-state index contributed by atoms with van der Waals surface area (Å²) >= 11 is 0. The van der Waals surface area contributed by atoms with Crippen LogP contribution in [-0.4, -0.2) is 19.0 Å². The first kappa shape index (κ1) is 17.0. The highest BCUT2D eigenvalue weighted by Crippen LogP contribution is 2.20. The van der Waals surface area contributed by atoms with Gasteiger partial charge in [-0.15, -0.1) is 12.4 Å². The van der Waals surface area contributed by atoms with E-state index in [9.17, 15) is 4.79 Å². The zero-order valence-electron chi connectivity index (χ0n) is 12.5. The monoisotopic (exact) mass is 296 g/mol. The molecule has 0 aliphatic carbocycles. The number of hydrogen-bond acceptors (Lipinski definition) is 2. The molecule has 1 aromatic rings. The molecule has 2 atom stereocenters. The fourth-order valence-electron chi connectivity index (χ4n) is 2.80. The van der Waals surface area contributed by atoms with E-state index in [0.717, 1.165) is 25.9 Å². The van der Waals surface area contributed by atoms with Crippen molar-refractivity contribution in [3.63, 3.8) is 0 Å². The molecular weight excluding hydrogens is 272 g/mol. The highest BCUT2D eigenvalue weighted by molar-refractivity contribution is 5.85. The Labute approximate surface area is 127 Å². The average molecular weight is 297 g/mol. The zero-order valence-corrected chi connectivity index (χ0v) is 13.3. The second kappa shape index (κ2) is 7.65. The molecule has 2 rings (SSSR count). The molecular formula is C16H25ClN2O. The Morgan fingerprint density at radius 1 is 1.40 bits per heavy atom. The van der Waals surface area contributed by atoms with Crippen molar-refractivity contribution < 1.29 is 4.79 Å². The van der Waals surface area contributed by atoms with Gasteiger partial charge in [-0.05, 0) is 51.3 Å². The van der Waals surface area contributed by atoms with Crippen LogP contribution in [0.2, 0.25) is 0 Å². The molecule has 4 heteroatoms. The number of amides is 1. The van der Waals surface area contributed by atoms with Crippen molar-refractivity contribution in [2.75, 3.05) is 13.1 Å². The lowest BCUT2D eigenvalue weighted by molar-refractivity contribution is -0.126. The first-order valence-electron chi connectivity index (χ1n) is 7.16. The second-order valence-corrected chi connectivity index (χ2v) is 5.63. The lowest BCUT2D eigenvalue weighted by Crippen LogP contribution is -2.41. The van der Waals surface area contributed by atoms with Crippen LogP contribution in [0.3, 0.4) is 0 Å². The molecule has 1 aromatic carbocycles. The standard InChI is InChI=1S/C16H24N2O.ClH/c1-11-6-7-15(12(2)9-11)13(3)18-16(19)14-5-4-8-17-10-14;/h6-7,9,13-14,17H,4-5,8,10H2,1-3H3,(H,18,19);1H. The SMILES string of the molecule is Cc1ccc(C(C)NC(=O)C2CCCNC2)c(C)c1.Cl. The minimum Gasteiger partial charge on any atom is -0.349 e. The molecule has 1 amide bonds. The van der Waals surface area contributed by atoms with Crippen LogP contribution < -0.4 is 10.6 Å². The quantitative estimate of drug-likeness (QED) is 0.900. The van der Waals surface area contributed by atoms with E-state index in [1.54, 1.807) is 0 Å². The first-order chi connectivity index (χ1) is 9.08. The normalized spacial score (nSPS) is 19.9. The molecule has 1 heterocycles. The van der Waals surface area contributed by atoms with Gasteiger partial charge in [0.15, 0.2) is 0 Å². The Bertz CT molecular complexity index is 456. The summed E-state index contributed by atoms with van der Waals surface area (Å²) in [5.74, 6) is 0.307. The summed E-state index contributed by atoms with van der Waals surface area (Å²) < 4.78 is 0. The smallest absolute Gasteiger partial charge is 0.224 e. The van der Waals surface area contributed by atoms with E-state index in [1.165, 1.54) is 16.7 Å². The maximum Gasteiger partial charge on any atom is 0.224 e. The van der Waals surface area contributed by atoms with E-state index in [1.807, 2.05) is 0 Å². The number of nitrogens with one attached hydrogen (secondary N) is 2. The number of piperidine rings is 1. The highest BCUT2D eigenvalue weighted by Gasteiger charge is 2.22. The number of aryl methyl sites for hydroxylation is 2. The van der Waals surface area contributed by atoms with E-state index in [2.05, 4.69) is 49.6 Å². The molecule has 1 aliphatic heterocycles. The number of carbonyl (C=O) groups excluding carboxylic acids is 1. The van der Waals surface area contributed by atoms with Crippen molar-refractivity contribution in [2.24, 2.45) is 5.92 Å². The molecule has 0 bridgehead atoms. The number of carbonyl (C=O) groups is 1. The maximum atomic E-state index is 12.2.